The Morgan fingerprint density at radius 1 is 1.16 bits per heavy atom. The highest BCUT2D eigenvalue weighted by Gasteiger charge is 2.24. The Labute approximate surface area is 114 Å². The summed E-state index contributed by atoms with van der Waals surface area (Å²) in [6.07, 6.45) is 8.42. The smallest absolute Gasteiger partial charge is 0.0702 e. The topological polar surface area (TPSA) is 50.9 Å². The summed E-state index contributed by atoms with van der Waals surface area (Å²) in [4.78, 5) is 4.37. The Balaban J connectivity index is 1.91. The normalized spacial score (nSPS) is 18.6. The lowest BCUT2D eigenvalue weighted by Crippen LogP contribution is -2.34. The van der Waals surface area contributed by atoms with Crippen molar-refractivity contribution in [2.24, 2.45) is 11.8 Å². The molecule has 1 aromatic heterocycles. The first-order valence-electron chi connectivity index (χ1n) is 7.19. The van der Waals surface area contributed by atoms with Gasteiger partial charge >= 0.3 is 0 Å². The molecule has 3 rings (SSSR count). The molecule has 1 heterocycles. The molecule has 1 aromatic carbocycles. The molecule has 1 saturated carbocycles. The first kappa shape index (κ1) is 12.6. The lowest BCUT2D eigenvalue weighted by molar-refractivity contribution is 0.273. The SMILES string of the molecule is NNC(c1ccc2ncccc2c1)C1CCCCC1. The summed E-state index contributed by atoms with van der Waals surface area (Å²) in [7, 11) is 0. The molecular weight excluding hydrogens is 234 g/mol. The van der Waals surface area contributed by atoms with Gasteiger partial charge in [0.15, 0.2) is 0 Å². The molecule has 0 aliphatic heterocycles. The van der Waals surface area contributed by atoms with Crippen molar-refractivity contribution < 1.29 is 0 Å². The maximum atomic E-state index is 5.81. The van der Waals surface area contributed by atoms with Crippen LogP contribution in [0.4, 0.5) is 0 Å². The van der Waals surface area contributed by atoms with Crippen molar-refractivity contribution in [2.45, 2.75) is 38.1 Å². The van der Waals surface area contributed by atoms with Gasteiger partial charge in [0.05, 0.1) is 5.52 Å². The van der Waals surface area contributed by atoms with Crippen LogP contribution in [0.2, 0.25) is 0 Å². The van der Waals surface area contributed by atoms with E-state index in [1.165, 1.54) is 43.1 Å². The number of rotatable bonds is 3. The molecule has 1 aliphatic rings. The summed E-state index contributed by atoms with van der Waals surface area (Å²) in [5, 5.41) is 1.19. The summed E-state index contributed by atoms with van der Waals surface area (Å²) in [5.41, 5.74) is 5.37. The second kappa shape index (κ2) is 5.68. The molecule has 0 bridgehead atoms. The second-order valence-corrected chi connectivity index (χ2v) is 5.50. The quantitative estimate of drug-likeness (QED) is 0.653. The maximum absolute atomic E-state index is 5.81. The first-order chi connectivity index (χ1) is 9.38. The summed E-state index contributed by atoms with van der Waals surface area (Å²) in [6.45, 7) is 0. The van der Waals surface area contributed by atoms with Crippen LogP contribution < -0.4 is 11.3 Å². The largest absolute Gasteiger partial charge is 0.271 e. The Kier molecular flexibility index (Phi) is 3.76. The van der Waals surface area contributed by atoms with Gasteiger partial charge in [0.1, 0.15) is 0 Å². The fraction of sp³-hybridized carbons (Fsp3) is 0.438. The van der Waals surface area contributed by atoms with Crippen LogP contribution in [0.15, 0.2) is 36.5 Å². The minimum Gasteiger partial charge on any atom is -0.271 e. The van der Waals surface area contributed by atoms with E-state index < -0.39 is 0 Å². The average molecular weight is 255 g/mol. The first-order valence-corrected chi connectivity index (χ1v) is 7.19. The molecule has 1 aliphatic carbocycles. The Hall–Kier alpha value is -1.45. The standard InChI is InChI=1S/C16H21N3/c17-19-16(12-5-2-1-3-6-12)14-8-9-15-13(11-14)7-4-10-18-15/h4,7-12,16,19H,1-3,5-6,17H2. The van der Waals surface area contributed by atoms with Crippen LogP contribution in [0, 0.1) is 5.92 Å². The van der Waals surface area contributed by atoms with Crippen molar-refractivity contribution in [3.8, 4) is 0 Å². The third-order valence-electron chi connectivity index (χ3n) is 4.29. The van der Waals surface area contributed by atoms with Gasteiger partial charge in [-0.25, -0.2) is 0 Å². The third kappa shape index (κ3) is 2.62. The van der Waals surface area contributed by atoms with Gasteiger partial charge in [-0.15, -0.1) is 0 Å². The van der Waals surface area contributed by atoms with Gasteiger partial charge in [0.2, 0.25) is 0 Å². The third-order valence-corrected chi connectivity index (χ3v) is 4.29. The summed E-state index contributed by atoms with van der Waals surface area (Å²) in [6, 6.07) is 10.8. The number of fused-ring (bicyclic) bond motifs is 1. The molecule has 100 valence electrons. The van der Waals surface area contributed by atoms with Gasteiger partial charge in [0.25, 0.3) is 0 Å². The number of aromatic nitrogens is 1. The minimum atomic E-state index is 0.268. The number of nitrogens with one attached hydrogen (secondary N) is 1. The van der Waals surface area contributed by atoms with Gasteiger partial charge in [-0.05, 0) is 42.5 Å². The molecule has 1 fully saturated rings. The molecule has 0 radical (unpaired) electrons. The monoisotopic (exact) mass is 255 g/mol. The Morgan fingerprint density at radius 2 is 2.00 bits per heavy atom. The summed E-state index contributed by atoms with van der Waals surface area (Å²) in [5.74, 6) is 6.47. The zero-order chi connectivity index (χ0) is 13.1. The average Bonchev–Trinajstić information content (AvgIpc) is 2.49. The molecule has 0 saturated heterocycles. The summed E-state index contributed by atoms with van der Waals surface area (Å²) < 4.78 is 0. The molecule has 1 atom stereocenters. The van der Waals surface area contributed by atoms with E-state index in [0.717, 1.165) is 5.52 Å². The molecule has 3 nitrogen and oxygen atoms in total. The van der Waals surface area contributed by atoms with E-state index in [0.29, 0.717) is 5.92 Å². The second-order valence-electron chi connectivity index (χ2n) is 5.50. The molecule has 0 amide bonds. The molecule has 19 heavy (non-hydrogen) atoms. The van der Waals surface area contributed by atoms with Crippen LogP contribution in [0.25, 0.3) is 10.9 Å². The molecule has 2 aromatic rings. The van der Waals surface area contributed by atoms with E-state index in [1.54, 1.807) is 0 Å². The summed E-state index contributed by atoms with van der Waals surface area (Å²) >= 11 is 0. The van der Waals surface area contributed by atoms with Crippen LogP contribution >= 0.6 is 0 Å². The minimum absolute atomic E-state index is 0.268. The highest BCUT2D eigenvalue weighted by molar-refractivity contribution is 5.79. The number of benzene rings is 1. The van der Waals surface area contributed by atoms with Crippen LogP contribution in [0.5, 0.6) is 0 Å². The molecule has 0 spiro atoms. The zero-order valence-corrected chi connectivity index (χ0v) is 11.2. The van der Waals surface area contributed by atoms with Crippen molar-refractivity contribution in [1.29, 1.82) is 0 Å². The van der Waals surface area contributed by atoms with Gasteiger partial charge in [-0.3, -0.25) is 16.3 Å². The Bertz CT molecular complexity index is 546. The molecule has 1 unspecified atom stereocenters. The fourth-order valence-electron chi connectivity index (χ4n) is 3.26. The van der Waals surface area contributed by atoms with Crippen LogP contribution in [0.1, 0.15) is 43.7 Å². The number of nitrogens with zero attached hydrogens (tertiary/aromatic N) is 1. The van der Waals surface area contributed by atoms with Crippen molar-refractivity contribution in [3.63, 3.8) is 0 Å². The fourth-order valence-corrected chi connectivity index (χ4v) is 3.26. The van der Waals surface area contributed by atoms with Gasteiger partial charge in [-0.1, -0.05) is 31.4 Å². The van der Waals surface area contributed by atoms with Gasteiger partial charge in [-0.2, -0.15) is 0 Å². The molecular formula is C16H21N3. The lowest BCUT2D eigenvalue weighted by Gasteiger charge is -2.30. The highest BCUT2D eigenvalue weighted by Crippen LogP contribution is 2.34. The maximum Gasteiger partial charge on any atom is 0.0702 e. The van der Waals surface area contributed by atoms with E-state index in [9.17, 15) is 0 Å². The zero-order valence-electron chi connectivity index (χ0n) is 11.2. The molecule has 3 heteroatoms. The van der Waals surface area contributed by atoms with Gasteiger partial charge < -0.3 is 0 Å². The van der Waals surface area contributed by atoms with Crippen molar-refractivity contribution in [1.82, 2.24) is 10.4 Å². The number of pyridine rings is 1. The van der Waals surface area contributed by atoms with E-state index in [4.69, 9.17) is 5.84 Å². The van der Waals surface area contributed by atoms with Crippen LogP contribution in [-0.4, -0.2) is 4.98 Å². The highest BCUT2D eigenvalue weighted by atomic mass is 15.2. The van der Waals surface area contributed by atoms with E-state index in [-0.39, 0.29) is 6.04 Å². The van der Waals surface area contributed by atoms with Crippen molar-refractivity contribution >= 4 is 10.9 Å². The number of hydrogen-bond donors (Lipinski definition) is 2. The van der Waals surface area contributed by atoms with Crippen LogP contribution in [-0.2, 0) is 0 Å². The van der Waals surface area contributed by atoms with Crippen LogP contribution in [0.3, 0.4) is 0 Å². The molecule has 3 N–H and O–H groups in total. The predicted octanol–water partition coefficient (Wildman–Crippen LogP) is 3.32. The lowest BCUT2D eigenvalue weighted by atomic mass is 9.81. The van der Waals surface area contributed by atoms with Crippen molar-refractivity contribution in [3.05, 3.63) is 42.1 Å². The van der Waals surface area contributed by atoms with Crippen molar-refractivity contribution in [2.75, 3.05) is 0 Å². The van der Waals surface area contributed by atoms with Gasteiger partial charge in [0, 0.05) is 17.6 Å². The van der Waals surface area contributed by atoms with E-state index in [1.807, 2.05) is 12.3 Å². The number of nitrogens with two attached hydrogens (primary N) is 1. The predicted molar refractivity (Wildman–Crippen MR) is 78.4 cm³/mol. The van der Waals surface area contributed by atoms with E-state index in [2.05, 4.69) is 34.7 Å². The Morgan fingerprint density at radius 3 is 2.79 bits per heavy atom. The van der Waals surface area contributed by atoms with E-state index >= 15 is 0 Å². The number of hydrazine groups is 1. The number of hydrogen-bond acceptors (Lipinski definition) is 3.